The molecule has 0 fully saturated rings. The number of halogens is 2. The number of anilines is 1. The van der Waals surface area contributed by atoms with Crippen molar-refractivity contribution in [3.63, 3.8) is 0 Å². The predicted octanol–water partition coefficient (Wildman–Crippen LogP) is 6.17. The molecule has 0 saturated heterocycles. The number of benzene rings is 3. The fourth-order valence-corrected chi connectivity index (χ4v) is 3.47. The highest BCUT2D eigenvalue weighted by Gasteiger charge is 2.11. The fraction of sp³-hybridized carbons (Fsp3) is 0.0870. The van der Waals surface area contributed by atoms with Gasteiger partial charge in [0.05, 0.1) is 16.2 Å². The average molecular weight is 425 g/mol. The Labute approximate surface area is 178 Å². The van der Waals surface area contributed by atoms with E-state index in [1.165, 1.54) is 0 Å². The molecule has 29 heavy (non-hydrogen) atoms. The van der Waals surface area contributed by atoms with Crippen molar-refractivity contribution < 1.29 is 9.53 Å². The van der Waals surface area contributed by atoms with Crippen LogP contribution in [0, 0.1) is 0 Å². The van der Waals surface area contributed by atoms with Gasteiger partial charge in [-0.2, -0.15) is 0 Å². The van der Waals surface area contributed by atoms with Crippen molar-refractivity contribution in [2.75, 3.05) is 5.32 Å². The van der Waals surface area contributed by atoms with E-state index in [9.17, 15) is 4.79 Å². The van der Waals surface area contributed by atoms with Crippen LogP contribution in [-0.4, -0.2) is 10.5 Å². The van der Waals surface area contributed by atoms with Crippen LogP contribution in [-0.2, 0) is 17.9 Å². The summed E-state index contributed by atoms with van der Waals surface area (Å²) in [6.45, 7) is 0.632. The molecule has 4 aromatic rings. The first-order chi connectivity index (χ1) is 14.1. The number of hydrogen-bond acceptors (Lipinski definition) is 2. The molecule has 0 aliphatic heterocycles. The smallest absolute Gasteiger partial charge is 0.244 e. The molecule has 0 aliphatic rings. The topological polar surface area (TPSA) is 43.3 Å². The van der Waals surface area contributed by atoms with Crippen molar-refractivity contribution in [2.45, 2.75) is 13.2 Å². The number of ether oxygens (including phenoxy) is 1. The van der Waals surface area contributed by atoms with Gasteiger partial charge in [-0.3, -0.25) is 4.79 Å². The molecule has 3 aromatic carbocycles. The van der Waals surface area contributed by atoms with E-state index in [1.54, 1.807) is 18.2 Å². The Kier molecular flexibility index (Phi) is 5.74. The summed E-state index contributed by atoms with van der Waals surface area (Å²) in [5.74, 6) is 0.589. The van der Waals surface area contributed by atoms with Crippen LogP contribution in [0.1, 0.15) is 5.56 Å². The SMILES string of the molecule is O=C(Cn1ccc2c(OCc3ccccc3)cccc21)Nc1cc(Cl)ccc1Cl. The van der Waals surface area contributed by atoms with E-state index >= 15 is 0 Å². The van der Waals surface area contributed by atoms with Crippen LogP contribution in [0.15, 0.2) is 79.0 Å². The van der Waals surface area contributed by atoms with Crippen molar-refractivity contribution >= 4 is 45.7 Å². The standard InChI is InChI=1S/C23H18Cl2N2O2/c24-17-9-10-19(25)20(13-17)26-23(28)14-27-12-11-18-21(27)7-4-8-22(18)29-15-16-5-2-1-3-6-16/h1-13H,14-15H2,(H,26,28). The Morgan fingerprint density at radius 3 is 2.62 bits per heavy atom. The molecule has 0 spiro atoms. The summed E-state index contributed by atoms with van der Waals surface area (Å²) in [4.78, 5) is 12.5. The number of fused-ring (bicyclic) bond motifs is 1. The quantitative estimate of drug-likeness (QED) is 0.402. The molecule has 6 heteroatoms. The highest BCUT2D eigenvalue weighted by molar-refractivity contribution is 6.35. The van der Waals surface area contributed by atoms with Crippen LogP contribution in [0.25, 0.3) is 10.9 Å². The molecular formula is C23H18Cl2N2O2. The highest BCUT2D eigenvalue weighted by atomic mass is 35.5. The number of hydrogen-bond donors (Lipinski definition) is 1. The summed E-state index contributed by atoms with van der Waals surface area (Å²) in [6.07, 6.45) is 1.87. The van der Waals surface area contributed by atoms with Crippen LogP contribution in [0.3, 0.4) is 0 Å². The maximum absolute atomic E-state index is 12.5. The zero-order chi connectivity index (χ0) is 20.2. The molecule has 0 radical (unpaired) electrons. The lowest BCUT2D eigenvalue weighted by Gasteiger charge is -2.10. The highest BCUT2D eigenvalue weighted by Crippen LogP contribution is 2.28. The van der Waals surface area contributed by atoms with Crippen molar-refractivity contribution in [2.24, 2.45) is 0 Å². The third kappa shape index (κ3) is 4.56. The number of carbonyl (C=O) groups excluding carboxylic acids is 1. The molecule has 1 amide bonds. The van der Waals surface area contributed by atoms with E-state index in [0.717, 1.165) is 22.2 Å². The van der Waals surface area contributed by atoms with Crippen molar-refractivity contribution in [1.82, 2.24) is 4.57 Å². The second-order valence-corrected chi connectivity index (χ2v) is 7.42. The summed E-state index contributed by atoms with van der Waals surface area (Å²) in [6, 6.07) is 22.7. The Morgan fingerprint density at radius 2 is 1.79 bits per heavy atom. The maximum Gasteiger partial charge on any atom is 0.244 e. The number of rotatable bonds is 6. The van der Waals surface area contributed by atoms with Gasteiger partial charge in [-0.05, 0) is 42.0 Å². The number of amides is 1. The molecule has 0 aliphatic carbocycles. The first-order valence-electron chi connectivity index (χ1n) is 9.09. The van der Waals surface area contributed by atoms with E-state index in [4.69, 9.17) is 27.9 Å². The molecule has 4 nitrogen and oxygen atoms in total. The number of nitrogens with one attached hydrogen (secondary N) is 1. The minimum atomic E-state index is -0.192. The summed E-state index contributed by atoms with van der Waals surface area (Å²) < 4.78 is 7.88. The minimum absolute atomic E-state index is 0.147. The van der Waals surface area contributed by atoms with Crippen molar-refractivity contribution in [3.8, 4) is 5.75 Å². The van der Waals surface area contributed by atoms with Gasteiger partial charge >= 0.3 is 0 Å². The summed E-state index contributed by atoms with van der Waals surface area (Å²) in [5.41, 5.74) is 2.51. The molecule has 0 atom stereocenters. The first kappa shape index (κ1) is 19.4. The van der Waals surface area contributed by atoms with Gasteiger partial charge in [-0.15, -0.1) is 0 Å². The van der Waals surface area contributed by atoms with Gasteiger partial charge in [0, 0.05) is 16.6 Å². The zero-order valence-corrected chi connectivity index (χ0v) is 17.0. The molecule has 146 valence electrons. The van der Waals surface area contributed by atoms with Gasteiger partial charge in [-0.25, -0.2) is 0 Å². The Morgan fingerprint density at radius 1 is 0.966 bits per heavy atom. The molecule has 1 heterocycles. The fourth-order valence-electron chi connectivity index (χ4n) is 3.13. The van der Waals surface area contributed by atoms with Gasteiger partial charge in [0.1, 0.15) is 18.9 Å². The Bertz CT molecular complexity index is 1160. The van der Waals surface area contributed by atoms with Gasteiger partial charge < -0.3 is 14.6 Å². The molecule has 4 rings (SSSR count). The maximum atomic E-state index is 12.5. The monoisotopic (exact) mass is 424 g/mol. The van der Waals surface area contributed by atoms with Crippen LogP contribution in [0.4, 0.5) is 5.69 Å². The zero-order valence-electron chi connectivity index (χ0n) is 15.4. The second-order valence-electron chi connectivity index (χ2n) is 6.58. The van der Waals surface area contributed by atoms with Gasteiger partial charge in [0.25, 0.3) is 0 Å². The Hall–Kier alpha value is -2.95. The third-order valence-electron chi connectivity index (χ3n) is 4.53. The molecule has 1 N–H and O–H groups in total. The number of aromatic nitrogens is 1. The van der Waals surface area contributed by atoms with Crippen molar-refractivity contribution in [1.29, 1.82) is 0 Å². The summed E-state index contributed by atoms with van der Waals surface area (Å²) in [7, 11) is 0. The molecule has 0 unspecified atom stereocenters. The Balaban J connectivity index is 1.50. The average Bonchev–Trinajstić information content (AvgIpc) is 3.13. The first-order valence-corrected chi connectivity index (χ1v) is 9.85. The van der Waals surface area contributed by atoms with Crippen molar-refractivity contribution in [3.05, 3.63) is 94.6 Å². The normalized spacial score (nSPS) is 10.8. The van der Waals surface area contributed by atoms with Crippen LogP contribution in [0.2, 0.25) is 10.0 Å². The van der Waals surface area contributed by atoms with Crippen LogP contribution < -0.4 is 10.1 Å². The molecule has 0 saturated carbocycles. The van der Waals surface area contributed by atoms with E-state index in [0.29, 0.717) is 22.3 Å². The minimum Gasteiger partial charge on any atom is -0.488 e. The largest absolute Gasteiger partial charge is 0.488 e. The van der Waals surface area contributed by atoms with Gasteiger partial charge in [0.2, 0.25) is 5.91 Å². The number of carbonyl (C=O) groups is 1. The van der Waals surface area contributed by atoms with Crippen LogP contribution in [0.5, 0.6) is 5.75 Å². The molecular weight excluding hydrogens is 407 g/mol. The van der Waals surface area contributed by atoms with E-state index in [2.05, 4.69) is 5.32 Å². The lowest BCUT2D eigenvalue weighted by atomic mass is 10.2. The van der Waals surface area contributed by atoms with E-state index in [-0.39, 0.29) is 12.5 Å². The van der Waals surface area contributed by atoms with Gasteiger partial charge in [0.15, 0.2) is 0 Å². The van der Waals surface area contributed by atoms with E-state index < -0.39 is 0 Å². The lowest BCUT2D eigenvalue weighted by molar-refractivity contribution is -0.116. The number of nitrogens with zero attached hydrogens (tertiary/aromatic N) is 1. The lowest BCUT2D eigenvalue weighted by Crippen LogP contribution is -2.18. The predicted molar refractivity (Wildman–Crippen MR) is 118 cm³/mol. The summed E-state index contributed by atoms with van der Waals surface area (Å²) >= 11 is 12.1. The van der Waals surface area contributed by atoms with Crippen LogP contribution >= 0.6 is 23.2 Å². The molecule has 0 bridgehead atoms. The second kappa shape index (κ2) is 8.60. The third-order valence-corrected chi connectivity index (χ3v) is 5.09. The summed E-state index contributed by atoms with van der Waals surface area (Å²) in [5, 5.41) is 4.72. The molecule has 1 aromatic heterocycles. The van der Waals surface area contributed by atoms with Gasteiger partial charge in [-0.1, -0.05) is 59.6 Å². The van der Waals surface area contributed by atoms with E-state index in [1.807, 2.05) is 65.4 Å².